The average molecular weight is 402 g/mol. The second kappa shape index (κ2) is 7.04. The average Bonchev–Trinajstić information content (AvgIpc) is 2.81. The summed E-state index contributed by atoms with van der Waals surface area (Å²) in [5.41, 5.74) is -1.04. The molecule has 0 aliphatic carbocycles. The maximum absolute atomic E-state index is 13.6. The Morgan fingerprint density at radius 1 is 0.966 bits per heavy atom. The first-order chi connectivity index (χ1) is 13.3. The van der Waals surface area contributed by atoms with E-state index in [1.165, 1.54) is 0 Å². The molecule has 158 valence electrons. The number of para-hydroxylation sites is 1. The summed E-state index contributed by atoms with van der Waals surface area (Å²) >= 11 is 0. The highest BCUT2D eigenvalue weighted by Gasteiger charge is 2.56. The normalized spacial score (nSPS) is 21.9. The molecule has 1 aromatic carbocycles. The maximum Gasteiger partial charge on any atom is 0.421 e. The van der Waals surface area contributed by atoms with Gasteiger partial charge in [0.2, 0.25) is 5.91 Å². The largest absolute Gasteiger partial charge is 0.444 e. The van der Waals surface area contributed by atoms with Gasteiger partial charge >= 0.3 is 12.2 Å². The molecule has 7 nitrogen and oxygen atoms in total. The van der Waals surface area contributed by atoms with E-state index < -0.39 is 28.8 Å². The molecule has 1 aromatic rings. The standard InChI is InChI=1S/C22H30N2O5/c1-20(2,3)28-18(26)23-13-9-12-22(14-23)15-10-7-8-11-16(15)24(17(22)25)19(27)29-21(4,5)6/h7-8,10-11H,9,12-14H2,1-6H3. The third-order valence-corrected chi connectivity index (χ3v) is 4.99. The Morgan fingerprint density at radius 3 is 2.17 bits per heavy atom. The quantitative estimate of drug-likeness (QED) is 0.649. The number of anilines is 1. The number of carbonyl (C=O) groups is 3. The van der Waals surface area contributed by atoms with Crippen molar-refractivity contribution in [3.8, 4) is 0 Å². The van der Waals surface area contributed by atoms with Gasteiger partial charge in [0.05, 0.1) is 11.1 Å². The van der Waals surface area contributed by atoms with Gasteiger partial charge in [0.1, 0.15) is 11.2 Å². The van der Waals surface area contributed by atoms with Crippen LogP contribution in [0.1, 0.15) is 59.9 Å². The molecule has 29 heavy (non-hydrogen) atoms. The predicted molar refractivity (Wildman–Crippen MR) is 109 cm³/mol. The van der Waals surface area contributed by atoms with E-state index in [1.54, 1.807) is 37.8 Å². The highest BCUT2D eigenvalue weighted by atomic mass is 16.6. The lowest BCUT2D eigenvalue weighted by Gasteiger charge is -2.39. The van der Waals surface area contributed by atoms with Crippen LogP contribution in [0.4, 0.5) is 15.3 Å². The molecule has 2 aliphatic heterocycles. The molecule has 1 atom stereocenters. The third kappa shape index (κ3) is 4.09. The van der Waals surface area contributed by atoms with Crippen molar-refractivity contribution in [3.05, 3.63) is 29.8 Å². The number of nitrogens with zero attached hydrogens (tertiary/aromatic N) is 2. The topological polar surface area (TPSA) is 76.2 Å². The molecule has 2 aliphatic rings. The van der Waals surface area contributed by atoms with Crippen molar-refractivity contribution in [2.24, 2.45) is 0 Å². The monoisotopic (exact) mass is 402 g/mol. The van der Waals surface area contributed by atoms with Crippen molar-refractivity contribution in [1.82, 2.24) is 4.90 Å². The molecular weight excluding hydrogens is 372 g/mol. The van der Waals surface area contributed by atoms with Crippen molar-refractivity contribution < 1.29 is 23.9 Å². The lowest BCUT2D eigenvalue weighted by molar-refractivity contribution is -0.124. The molecule has 0 saturated carbocycles. The Morgan fingerprint density at radius 2 is 1.55 bits per heavy atom. The van der Waals surface area contributed by atoms with Crippen LogP contribution in [0, 0.1) is 0 Å². The number of likely N-dealkylation sites (tertiary alicyclic amines) is 1. The van der Waals surface area contributed by atoms with Crippen LogP contribution >= 0.6 is 0 Å². The first-order valence-electron chi connectivity index (χ1n) is 9.99. The fraction of sp³-hybridized carbons (Fsp3) is 0.591. The number of benzene rings is 1. The van der Waals surface area contributed by atoms with Crippen molar-refractivity contribution in [3.63, 3.8) is 0 Å². The molecule has 0 aromatic heterocycles. The van der Waals surface area contributed by atoms with Crippen LogP contribution in [-0.2, 0) is 19.7 Å². The van der Waals surface area contributed by atoms with Crippen molar-refractivity contribution in [2.45, 2.75) is 71.0 Å². The van der Waals surface area contributed by atoms with Crippen LogP contribution in [0.15, 0.2) is 24.3 Å². The van der Waals surface area contributed by atoms with Gasteiger partial charge in [-0.2, -0.15) is 0 Å². The molecule has 0 bridgehead atoms. The minimum atomic E-state index is -0.970. The van der Waals surface area contributed by atoms with Crippen molar-refractivity contribution >= 4 is 23.8 Å². The van der Waals surface area contributed by atoms with E-state index in [2.05, 4.69) is 0 Å². The van der Waals surface area contributed by atoms with Crippen LogP contribution in [-0.4, -0.2) is 47.3 Å². The first-order valence-corrected chi connectivity index (χ1v) is 9.99. The summed E-state index contributed by atoms with van der Waals surface area (Å²) in [5, 5.41) is 0. The van der Waals surface area contributed by atoms with Gasteiger partial charge in [-0.05, 0) is 66.0 Å². The zero-order valence-electron chi connectivity index (χ0n) is 18.1. The van der Waals surface area contributed by atoms with Gasteiger partial charge in [-0.15, -0.1) is 0 Å². The zero-order chi connectivity index (χ0) is 21.6. The number of fused-ring (bicyclic) bond motifs is 2. The Labute approximate surface area is 171 Å². The second-order valence-electron chi connectivity index (χ2n) is 9.73. The fourth-order valence-corrected chi connectivity index (χ4v) is 3.93. The molecule has 1 unspecified atom stereocenters. The number of rotatable bonds is 0. The lowest BCUT2D eigenvalue weighted by atomic mass is 9.75. The van der Waals surface area contributed by atoms with Gasteiger partial charge in [0.15, 0.2) is 0 Å². The number of amides is 3. The molecule has 1 spiro atoms. The van der Waals surface area contributed by atoms with E-state index in [0.29, 0.717) is 25.1 Å². The van der Waals surface area contributed by atoms with E-state index in [1.807, 2.05) is 32.9 Å². The van der Waals surface area contributed by atoms with Crippen molar-refractivity contribution in [1.29, 1.82) is 0 Å². The summed E-state index contributed by atoms with van der Waals surface area (Å²) in [7, 11) is 0. The molecule has 0 N–H and O–H groups in total. The number of imide groups is 1. The number of piperidine rings is 1. The summed E-state index contributed by atoms with van der Waals surface area (Å²) in [4.78, 5) is 41.8. The van der Waals surface area contributed by atoms with Gasteiger partial charge in [-0.25, -0.2) is 14.5 Å². The number of hydrogen-bond donors (Lipinski definition) is 0. The van der Waals surface area contributed by atoms with Crippen LogP contribution in [0.2, 0.25) is 0 Å². The smallest absolute Gasteiger partial charge is 0.421 e. The minimum absolute atomic E-state index is 0.178. The Balaban J connectivity index is 1.96. The Hall–Kier alpha value is -2.57. The second-order valence-corrected chi connectivity index (χ2v) is 9.73. The summed E-state index contributed by atoms with van der Waals surface area (Å²) in [6.45, 7) is 11.4. The molecule has 1 saturated heterocycles. The molecule has 3 rings (SSSR count). The van der Waals surface area contributed by atoms with E-state index >= 15 is 0 Å². The van der Waals surface area contributed by atoms with Gasteiger partial charge in [-0.1, -0.05) is 18.2 Å². The zero-order valence-corrected chi connectivity index (χ0v) is 18.1. The first kappa shape index (κ1) is 21.1. The van der Waals surface area contributed by atoms with Crippen molar-refractivity contribution in [2.75, 3.05) is 18.0 Å². The number of hydrogen-bond acceptors (Lipinski definition) is 5. The van der Waals surface area contributed by atoms with Crippen LogP contribution < -0.4 is 4.90 Å². The third-order valence-electron chi connectivity index (χ3n) is 4.99. The van der Waals surface area contributed by atoms with Gasteiger partial charge < -0.3 is 14.4 Å². The van der Waals surface area contributed by atoms with Gasteiger partial charge in [0, 0.05) is 13.1 Å². The van der Waals surface area contributed by atoms with Gasteiger partial charge in [0.25, 0.3) is 0 Å². The molecule has 1 fully saturated rings. The molecule has 0 radical (unpaired) electrons. The highest BCUT2D eigenvalue weighted by molar-refractivity contribution is 6.21. The summed E-state index contributed by atoms with van der Waals surface area (Å²) in [6.07, 6.45) is 0.0573. The SMILES string of the molecule is CC(C)(C)OC(=O)N1CCCC2(C1)C(=O)N(C(=O)OC(C)(C)C)c1ccccc12. The molecule has 2 heterocycles. The molecule has 3 amide bonds. The highest BCUT2D eigenvalue weighted by Crippen LogP contribution is 2.47. The van der Waals surface area contributed by atoms with Gasteiger partial charge in [-0.3, -0.25) is 4.79 Å². The van der Waals surface area contributed by atoms with E-state index in [4.69, 9.17) is 9.47 Å². The van der Waals surface area contributed by atoms with Crippen LogP contribution in [0.5, 0.6) is 0 Å². The number of ether oxygens (including phenoxy) is 2. The predicted octanol–water partition coefficient (Wildman–Crippen LogP) is 4.24. The van der Waals surface area contributed by atoms with E-state index in [-0.39, 0.29) is 12.5 Å². The fourth-order valence-electron chi connectivity index (χ4n) is 3.93. The molecular formula is C22H30N2O5. The maximum atomic E-state index is 13.6. The molecule has 7 heteroatoms. The minimum Gasteiger partial charge on any atom is -0.444 e. The Kier molecular flexibility index (Phi) is 5.13. The summed E-state index contributed by atoms with van der Waals surface area (Å²) < 4.78 is 11.0. The summed E-state index contributed by atoms with van der Waals surface area (Å²) in [5.74, 6) is -0.346. The number of carbonyl (C=O) groups excluding carboxylic acids is 3. The van der Waals surface area contributed by atoms with E-state index in [9.17, 15) is 14.4 Å². The van der Waals surface area contributed by atoms with E-state index in [0.717, 1.165) is 10.5 Å². The lowest BCUT2D eigenvalue weighted by Crippen LogP contribution is -2.55. The van der Waals surface area contributed by atoms with Crippen LogP contribution in [0.3, 0.4) is 0 Å². The van der Waals surface area contributed by atoms with Crippen LogP contribution in [0.25, 0.3) is 0 Å². The summed E-state index contributed by atoms with van der Waals surface area (Å²) in [6, 6.07) is 7.24. The Bertz CT molecular complexity index is 836.